The first-order valence-corrected chi connectivity index (χ1v) is 8.60. The second kappa shape index (κ2) is 8.56. The molecule has 0 N–H and O–H groups in total. The zero-order chi connectivity index (χ0) is 18.2. The lowest BCUT2D eigenvalue weighted by Crippen LogP contribution is -2.39. The minimum Gasteiger partial charge on any atom is -0.382 e. The van der Waals surface area contributed by atoms with E-state index in [1.807, 2.05) is 91.0 Å². The molecule has 0 amide bonds. The van der Waals surface area contributed by atoms with Crippen LogP contribution in [0, 0.1) is 0 Å². The quantitative estimate of drug-likeness (QED) is 0.453. The molecule has 0 fully saturated rings. The van der Waals surface area contributed by atoms with E-state index in [2.05, 4.69) is 0 Å². The molecule has 0 aromatic heterocycles. The van der Waals surface area contributed by atoms with Gasteiger partial charge in [0.05, 0.1) is 6.61 Å². The standard InChI is InChI=1S/C23H22O3/c1-25-18-22(17-24)26-23(19-11-5-2-6-12-19,20-13-7-3-8-14-20)21-15-9-4-10-16-21/h2-17,22H,18H2,1H3/t22-/m0/s1. The van der Waals surface area contributed by atoms with Crippen LogP contribution in [0.2, 0.25) is 0 Å². The maximum absolute atomic E-state index is 11.7. The van der Waals surface area contributed by atoms with Gasteiger partial charge in [-0.3, -0.25) is 0 Å². The van der Waals surface area contributed by atoms with E-state index in [0.29, 0.717) is 0 Å². The van der Waals surface area contributed by atoms with Gasteiger partial charge in [0.15, 0.2) is 6.29 Å². The fourth-order valence-electron chi connectivity index (χ4n) is 3.22. The zero-order valence-electron chi connectivity index (χ0n) is 14.7. The Bertz CT molecular complexity index is 704. The van der Waals surface area contributed by atoms with Crippen LogP contribution in [0.25, 0.3) is 0 Å². The third-order valence-electron chi connectivity index (χ3n) is 4.35. The fraction of sp³-hybridized carbons (Fsp3) is 0.174. The molecule has 0 heterocycles. The summed E-state index contributed by atoms with van der Waals surface area (Å²) in [5, 5.41) is 0. The maximum Gasteiger partial charge on any atom is 0.151 e. The molecule has 3 nitrogen and oxygen atoms in total. The highest BCUT2D eigenvalue weighted by Gasteiger charge is 2.39. The van der Waals surface area contributed by atoms with Crippen molar-refractivity contribution in [3.63, 3.8) is 0 Å². The molecule has 132 valence electrons. The molecule has 0 unspecified atom stereocenters. The first-order valence-electron chi connectivity index (χ1n) is 8.60. The van der Waals surface area contributed by atoms with E-state index in [0.717, 1.165) is 23.0 Å². The van der Waals surface area contributed by atoms with Crippen molar-refractivity contribution in [2.24, 2.45) is 0 Å². The van der Waals surface area contributed by atoms with Crippen LogP contribution in [0.5, 0.6) is 0 Å². The van der Waals surface area contributed by atoms with Gasteiger partial charge < -0.3 is 14.3 Å². The predicted octanol–water partition coefficient (Wildman–Crippen LogP) is 4.21. The summed E-state index contributed by atoms with van der Waals surface area (Å²) in [5.41, 5.74) is 1.97. The van der Waals surface area contributed by atoms with E-state index in [9.17, 15) is 4.79 Å². The highest BCUT2D eigenvalue weighted by Crippen LogP contribution is 2.41. The summed E-state index contributed by atoms with van der Waals surface area (Å²) in [6.07, 6.45) is 0.105. The Morgan fingerprint density at radius 2 is 1.15 bits per heavy atom. The molecule has 1 atom stereocenters. The van der Waals surface area contributed by atoms with Gasteiger partial charge in [-0.15, -0.1) is 0 Å². The summed E-state index contributed by atoms with van der Waals surface area (Å²) in [6.45, 7) is 0.192. The normalized spacial score (nSPS) is 12.5. The number of rotatable bonds is 8. The van der Waals surface area contributed by atoms with Crippen molar-refractivity contribution in [1.29, 1.82) is 0 Å². The summed E-state index contributed by atoms with van der Waals surface area (Å²) in [6, 6.07) is 29.9. The molecular weight excluding hydrogens is 324 g/mol. The Morgan fingerprint density at radius 3 is 1.46 bits per heavy atom. The lowest BCUT2D eigenvalue weighted by Gasteiger charge is -2.37. The predicted molar refractivity (Wildman–Crippen MR) is 102 cm³/mol. The SMILES string of the molecule is COC[C@H](C=O)OC(c1ccccc1)(c1ccccc1)c1ccccc1. The molecule has 0 aliphatic heterocycles. The van der Waals surface area contributed by atoms with E-state index in [4.69, 9.17) is 9.47 Å². The molecular formula is C23H22O3. The topological polar surface area (TPSA) is 35.5 Å². The van der Waals surface area contributed by atoms with Gasteiger partial charge in [-0.1, -0.05) is 91.0 Å². The smallest absolute Gasteiger partial charge is 0.151 e. The molecule has 3 aromatic rings. The van der Waals surface area contributed by atoms with Crippen LogP contribution in [-0.2, 0) is 19.9 Å². The summed E-state index contributed by atoms with van der Waals surface area (Å²) in [7, 11) is 1.56. The van der Waals surface area contributed by atoms with Gasteiger partial charge in [0.2, 0.25) is 0 Å². The highest BCUT2D eigenvalue weighted by molar-refractivity contribution is 5.57. The molecule has 26 heavy (non-hydrogen) atoms. The Hall–Kier alpha value is -2.75. The molecule has 0 saturated heterocycles. The number of benzene rings is 3. The third kappa shape index (κ3) is 3.59. The zero-order valence-corrected chi connectivity index (χ0v) is 14.7. The van der Waals surface area contributed by atoms with Crippen molar-refractivity contribution >= 4 is 6.29 Å². The van der Waals surface area contributed by atoms with Gasteiger partial charge in [-0.05, 0) is 16.7 Å². The van der Waals surface area contributed by atoms with Gasteiger partial charge in [-0.2, -0.15) is 0 Å². The molecule has 0 aliphatic rings. The van der Waals surface area contributed by atoms with Crippen LogP contribution < -0.4 is 0 Å². The van der Waals surface area contributed by atoms with Crippen LogP contribution in [0.1, 0.15) is 16.7 Å². The Morgan fingerprint density at radius 1 is 0.769 bits per heavy atom. The molecule has 0 bridgehead atoms. The lowest BCUT2D eigenvalue weighted by molar-refractivity contribution is -0.131. The third-order valence-corrected chi connectivity index (χ3v) is 4.35. The van der Waals surface area contributed by atoms with Crippen LogP contribution >= 0.6 is 0 Å². The Balaban J connectivity index is 2.26. The number of methoxy groups -OCH3 is 1. The summed E-state index contributed by atoms with van der Waals surface area (Å²) in [4.78, 5) is 11.7. The molecule has 3 aromatic carbocycles. The minimum atomic E-state index is -0.909. The van der Waals surface area contributed by atoms with Gasteiger partial charge >= 0.3 is 0 Å². The van der Waals surface area contributed by atoms with E-state index in [-0.39, 0.29) is 6.61 Å². The van der Waals surface area contributed by atoms with Gasteiger partial charge in [0, 0.05) is 7.11 Å². The highest BCUT2D eigenvalue weighted by atomic mass is 16.5. The second-order valence-electron chi connectivity index (χ2n) is 6.03. The number of ether oxygens (including phenoxy) is 2. The summed E-state index contributed by atoms with van der Waals surface area (Å²) in [5.74, 6) is 0. The van der Waals surface area contributed by atoms with Crippen LogP contribution in [-0.4, -0.2) is 26.1 Å². The van der Waals surface area contributed by atoms with Crippen LogP contribution in [0.3, 0.4) is 0 Å². The lowest BCUT2D eigenvalue weighted by atomic mass is 9.80. The fourth-order valence-corrected chi connectivity index (χ4v) is 3.22. The summed E-state index contributed by atoms with van der Waals surface area (Å²) < 4.78 is 11.7. The van der Waals surface area contributed by atoms with Crippen molar-refractivity contribution in [2.45, 2.75) is 11.7 Å². The van der Waals surface area contributed by atoms with Crippen molar-refractivity contribution in [2.75, 3.05) is 13.7 Å². The number of hydrogen-bond acceptors (Lipinski definition) is 3. The molecule has 0 saturated carbocycles. The van der Waals surface area contributed by atoms with Crippen LogP contribution in [0.15, 0.2) is 91.0 Å². The molecule has 3 heteroatoms. The Labute approximate surface area is 154 Å². The van der Waals surface area contributed by atoms with Crippen molar-refractivity contribution < 1.29 is 14.3 Å². The van der Waals surface area contributed by atoms with E-state index in [1.54, 1.807) is 7.11 Å². The second-order valence-corrected chi connectivity index (χ2v) is 6.03. The average molecular weight is 346 g/mol. The van der Waals surface area contributed by atoms with Gasteiger partial charge in [0.25, 0.3) is 0 Å². The van der Waals surface area contributed by atoms with E-state index >= 15 is 0 Å². The number of carbonyl (C=O) groups is 1. The molecule has 3 rings (SSSR count). The monoisotopic (exact) mass is 346 g/mol. The minimum absolute atomic E-state index is 0.192. The first kappa shape index (κ1) is 18.1. The first-order chi connectivity index (χ1) is 12.8. The van der Waals surface area contributed by atoms with E-state index < -0.39 is 11.7 Å². The van der Waals surface area contributed by atoms with Crippen molar-refractivity contribution in [1.82, 2.24) is 0 Å². The molecule has 0 aliphatic carbocycles. The van der Waals surface area contributed by atoms with Crippen molar-refractivity contribution in [3.8, 4) is 0 Å². The van der Waals surface area contributed by atoms with E-state index in [1.165, 1.54) is 0 Å². The van der Waals surface area contributed by atoms with Crippen molar-refractivity contribution in [3.05, 3.63) is 108 Å². The Kier molecular flexibility index (Phi) is 5.95. The summed E-state index contributed by atoms with van der Waals surface area (Å²) >= 11 is 0. The largest absolute Gasteiger partial charge is 0.382 e. The van der Waals surface area contributed by atoms with Gasteiger partial charge in [0.1, 0.15) is 11.7 Å². The molecule has 0 spiro atoms. The van der Waals surface area contributed by atoms with Crippen LogP contribution in [0.4, 0.5) is 0 Å². The van der Waals surface area contributed by atoms with Gasteiger partial charge in [-0.25, -0.2) is 0 Å². The number of hydrogen-bond donors (Lipinski definition) is 0. The molecule has 0 radical (unpaired) electrons. The maximum atomic E-state index is 11.7. The number of aldehydes is 1. The average Bonchev–Trinajstić information content (AvgIpc) is 2.73. The number of carbonyl (C=O) groups excluding carboxylic acids is 1.